The van der Waals surface area contributed by atoms with Gasteiger partial charge in [-0.15, -0.1) is 0 Å². The highest BCUT2D eigenvalue weighted by Crippen LogP contribution is 2.33. The molecule has 4 rings (SSSR count). The maximum absolute atomic E-state index is 12.8. The quantitative estimate of drug-likeness (QED) is 0.837. The van der Waals surface area contributed by atoms with E-state index in [1.54, 1.807) is 23.4 Å². The Bertz CT molecular complexity index is 856. The second-order valence-corrected chi connectivity index (χ2v) is 8.25. The summed E-state index contributed by atoms with van der Waals surface area (Å²) < 4.78 is 32.3. The first-order valence-electron chi connectivity index (χ1n) is 8.21. The fourth-order valence-corrected chi connectivity index (χ4v) is 4.93. The van der Waals surface area contributed by atoms with E-state index in [4.69, 9.17) is 4.52 Å². The van der Waals surface area contributed by atoms with Gasteiger partial charge in [-0.1, -0.05) is 11.2 Å². The fourth-order valence-electron chi connectivity index (χ4n) is 3.40. The standard InChI is InChI=1S/C16H20N4O3S/c1-12-17-16(23-18-12)11-19-9-6-13-4-5-14(10-15(13)19)24(21,22)20-7-2-3-8-20/h4-5,10H,2-3,6-9,11H2,1H3. The average molecular weight is 348 g/mol. The third-order valence-corrected chi connectivity index (χ3v) is 6.54. The van der Waals surface area contributed by atoms with E-state index in [9.17, 15) is 8.42 Å². The van der Waals surface area contributed by atoms with Crippen LogP contribution in [0, 0.1) is 6.92 Å². The Hall–Kier alpha value is -1.93. The smallest absolute Gasteiger partial charge is 0.246 e. The van der Waals surface area contributed by atoms with Crippen molar-refractivity contribution in [1.82, 2.24) is 14.4 Å². The monoisotopic (exact) mass is 348 g/mol. The van der Waals surface area contributed by atoms with Gasteiger partial charge in [0, 0.05) is 25.3 Å². The number of rotatable bonds is 4. The second-order valence-electron chi connectivity index (χ2n) is 6.31. The molecule has 0 N–H and O–H groups in total. The summed E-state index contributed by atoms with van der Waals surface area (Å²) in [5.74, 6) is 1.16. The molecule has 1 aromatic carbocycles. The molecular formula is C16H20N4O3S. The van der Waals surface area contributed by atoms with Crippen molar-refractivity contribution < 1.29 is 12.9 Å². The molecule has 0 aliphatic carbocycles. The molecule has 0 radical (unpaired) electrons. The van der Waals surface area contributed by atoms with Gasteiger partial charge in [0.15, 0.2) is 5.82 Å². The van der Waals surface area contributed by atoms with E-state index in [-0.39, 0.29) is 0 Å². The Morgan fingerprint density at radius 2 is 2.00 bits per heavy atom. The summed E-state index contributed by atoms with van der Waals surface area (Å²) in [4.78, 5) is 6.71. The molecule has 2 aliphatic heterocycles. The lowest BCUT2D eigenvalue weighted by molar-refractivity contribution is 0.373. The Labute approximate surface area is 141 Å². The van der Waals surface area contributed by atoms with Crippen LogP contribution in [0.3, 0.4) is 0 Å². The van der Waals surface area contributed by atoms with Crippen LogP contribution in [0.5, 0.6) is 0 Å². The summed E-state index contributed by atoms with van der Waals surface area (Å²) in [6, 6.07) is 5.45. The van der Waals surface area contributed by atoms with Gasteiger partial charge in [-0.2, -0.15) is 9.29 Å². The van der Waals surface area contributed by atoms with Gasteiger partial charge in [-0.25, -0.2) is 8.42 Å². The number of anilines is 1. The Morgan fingerprint density at radius 3 is 2.71 bits per heavy atom. The lowest BCUT2D eigenvalue weighted by Crippen LogP contribution is -2.28. The van der Waals surface area contributed by atoms with Crippen molar-refractivity contribution in [2.45, 2.75) is 37.6 Å². The normalized spacial score (nSPS) is 18.3. The first-order valence-corrected chi connectivity index (χ1v) is 9.65. The summed E-state index contributed by atoms with van der Waals surface area (Å²) >= 11 is 0. The summed E-state index contributed by atoms with van der Waals surface area (Å²) in [5, 5.41) is 3.81. The van der Waals surface area contributed by atoms with Crippen molar-refractivity contribution in [2.75, 3.05) is 24.5 Å². The molecule has 24 heavy (non-hydrogen) atoms. The minimum Gasteiger partial charge on any atom is -0.362 e. The molecule has 1 aromatic heterocycles. The number of nitrogens with zero attached hydrogens (tertiary/aromatic N) is 4. The Balaban J connectivity index is 1.63. The molecule has 3 heterocycles. The van der Waals surface area contributed by atoms with Gasteiger partial charge in [0.05, 0.1) is 11.4 Å². The molecular weight excluding hydrogens is 328 g/mol. The minimum atomic E-state index is -3.40. The summed E-state index contributed by atoms with van der Waals surface area (Å²) in [6.07, 6.45) is 2.77. The maximum Gasteiger partial charge on any atom is 0.246 e. The third kappa shape index (κ3) is 2.69. The predicted molar refractivity (Wildman–Crippen MR) is 88.2 cm³/mol. The van der Waals surface area contributed by atoms with E-state index in [1.165, 1.54) is 0 Å². The van der Waals surface area contributed by atoms with Crippen molar-refractivity contribution >= 4 is 15.7 Å². The van der Waals surface area contributed by atoms with Crippen LogP contribution in [0.2, 0.25) is 0 Å². The van der Waals surface area contributed by atoms with E-state index >= 15 is 0 Å². The highest BCUT2D eigenvalue weighted by atomic mass is 32.2. The number of aryl methyl sites for hydroxylation is 1. The lowest BCUT2D eigenvalue weighted by Gasteiger charge is -2.19. The Morgan fingerprint density at radius 1 is 1.21 bits per heavy atom. The minimum absolute atomic E-state index is 0.372. The summed E-state index contributed by atoms with van der Waals surface area (Å²) in [6.45, 7) is 4.34. The van der Waals surface area contributed by atoms with E-state index in [2.05, 4.69) is 15.0 Å². The molecule has 0 saturated carbocycles. The first kappa shape index (κ1) is 15.6. The SMILES string of the molecule is Cc1noc(CN2CCc3ccc(S(=O)(=O)N4CCCC4)cc32)n1. The van der Waals surface area contributed by atoms with E-state index in [0.29, 0.717) is 36.2 Å². The van der Waals surface area contributed by atoms with Gasteiger partial charge >= 0.3 is 0 Å². The van der Waals surface area contributed by atoms with E-state index in [1.807, 2.05) is 6.07 Å². The molecule has 1 fully saturated rings. The van der Waals surface area contributed by atoms with Crippen LogP contribution in [-0.2, 0) is 23.0 Å². The average Bonchev–Trinajstić information content (AvgIpc) is 3.29. The number of fused-ring (bicyclic) bond motifs is 1. The summed E-state index contributed by atoms with van der Waals surface area (Å²) in [7, 11) is -3.40. The second kappa shape index (κ2) is 5.86. The van der Waals surface area contributed by atoms with Gasteiger partial charge in [-0.3, -0.25) is 0 Å². The van der Waals surface area contributed by atoms with Gasteiger partial charge < -0.3 is 9.42 Å². The maximum atomic E-state index is 12.8. The molecule has 0 unspecified atom stereocenters. The fraction of sp³-hybridized carbons (Fsp3) is 0.500. The molecule has 0 atom stereocenters. The Kier molecular flexibility index (Phi) is 3.80. The van der Waals surface area contributed by atoms with Crippen LogP contribution < -0.4 is 4.90 Å². The van der Waals surface area contributed by atoms with Crippen molar-refractivity contribution in [3.63, 3.8) is 0 Å². The van der Waals surface area contributed by atoms with Crippen LogP contribution in [0.4, 0.5) is 5.69 Å². The van der Waals surface area contributed by atoms with Crippen molar-refractivity contribution in [3.05, 3.63) is 35.5 Å². The van der Waals surface area contributed by atoms with Crippen molar-refractivity contribution in [2.24, 2.45) is 0 Å². The molecule has 2 aromatic rings. The van der Waals surface area contributed by atoms with Crippen molar-refractivity contribution in [1.29, 1.82) is 0 Å². The van der Waals surface area contributed by atoms with Gasteiger partial charge in [0.2, 0.25) is 15.9 Å². The molecule has 0 spiro atoms. The number of hydrogen-bond donors (Lipinski definition) is 0. The van der Waals surface area contributed by atoms with Crippen LogP contribution in [-0.4, -0.2) is 42.5 Å². The molecule has 2 aliphatic rings. The predicted octanol–water partition coefficient (Wildman–Crippen LogP) is 1.73. The lowest BCUT2D eigenvalue weighted by atomic mass is 10.2. The van der Waals surface area contributed by atoms with E-state index in [0.717, 1.165) is 37.1 Å². The van der Waals surface area contributed by atoms with Crippen LogP contribution in [0.25, 0.3) is 0 Å². The molecule has 8 heteroatoms. The molecule has 1 saturated heterocycles. The highest BCUT2D eigenvalue weighted by Gasteiger charge is 2.29. The molecule has 0 bridgehead atoms. The van der Waals surface area contributed by atoms with Crippen LogP contribution in [0.1, 0.15) is 30.1 Å². The topological polar surface area (TPSA) is 79.5 Å². The largest absolute Gasteiger partial charge is 0.362 e. The van der Waals surface area contributed by atoms with Crippen molar-refractivity contribution in [3.8, 4) is 0 Å². The summed E-state index contributed by atoms with van der Waals surface area (Å²) in [5.41, 5.74) is 2.11. The number of hydrogen-bond acceptors (Lipinski definition) is 6. The highest BCUT2D eigenvalue weighted by molar-refractivity contribution is 7.89. The number of aromatic nitrogens is 2. The van der Waals surface area contributed by atoms with Crippen LogP contribution >= 0.6 is 0 Å². The van der Waals surface area contributed by atoms with Gasteiger partial charge in [0.25, 0.3) is 0 Å². The molecule has 7 nitrogen and oxygen atoms in total. The zero-order chi connectivity index (χ0) is 16.7. The zero-order valence-corrected chi connectivity index (χ0v) is 14.4. The first-order chi connectivity index (χ1) is 11.5. The number of sulfonamides is 1. The third-order valence-electron chi connectivity index (χ3n) is 4.65. The van der Waals surface area contributed by atoms with Crippen LogP contribution in [0.15, 0.2) is 27.6 Å². The van der Waals surface area contributed by atoms with E-state index < -0.39 is 10.0 Å². The van der Waals surface area contributed by atoms with Gasteiger partial charge in [0.1, 0.15) is 0 Å². The zero-order valence-electron chi connectivity index (χ0n) is 13.6. The number of benzene rings is 1. The molecule has 128 valence electrons. The molecule has 0 amide bonds. The van der Waals surface area contributed by atoms with Gasteiger partial charge in [-0.05, 0) is 43.9 Å².